The number of anilines is 1. The SMILES string of the molecule is Cc1nn(C)c(C(=O)Nc2ccn(Cc3c(Cl)cccc3Cl)n2)c1Cl. The van der Waals surface area contributed by atoms with Crippen molar-refractivity contribution in [1.29, 1.82) is 0 Å². The van der Waals surface area contributed by atoms with Crippen LogP contribution in [0.2, 0.25) is 15.1 Å². The van der Waals surface area contributed by atoms with E-state index < -0.39 is 0 Å². The molecule has 0 aliphatic heterocycles. The Kier molecular flexibility index (Phi) is 5.03. The van der Waals surface area contributed by atoms with Crippen LogP contribution < -0.4 is 5.32 Å². The molecular formula is C16H14Cl3N5O. The van der Waals surface area contributed by atoms with Crippen LogP contribution >= 0.6 is 34.8 Å². The highest BCUT2D eigenvalue weighted by Gasteiger charge is 2.19. The van der Waals surface area contributed by atoms with Crippen molar-refractivity contribution in [3.63, 3.8) is 0 Å². The summed E-state index contributed by atoms with van der Waals surface area (Å²) in [5, 5.41) is 12.6. The minimum atomic E-state index is -0.380. The first-order chi connectivity index (χ1) is 11.9. The van der Waals surface area contributed by atoms with Crippen molar-refractivity contribution < 1.29 is 4.79 Å². The number of hydrogen-bond donors (Lipinski definition) is 1. The lowest BCUT2D eigenvalue weighted by Gasteiger charge is -2.07. The Morgan fingerprint density at radius 2 is 1.84 bits per heavy atom. The van der Waals surface area contributed by atoms with E-state index in [1.165, 1.54) is 4.68 Å². The van der Waals surface area contributed by atoms with Crippen molar-refractivity contribution in [1.82, 2.24) is 19.6 Å². The highest BCUT2D eigenvalue weighted by molar-refractivity contribution is 6.36. The average molecular weight is 399 g/mol. The van der Waals surface area contributed by atoms with Crippen LogP contribution in [0.25, 0.3) is 0 Å². The van der Waals surface area contributed by atoms with Crippen molar-refractivity contribution >= 4 is 46.5 Å². The summed E-state index contributed by atoms with van der Waals surface area (Å²) in [6.45, 7) is 2.13. The average Bonchev–Trinajstić information content (AvgIpc) is 3.08. The first-order valence-electron chi connectivity index (χ1n) is 7.33. The maximum absolute atomic E-state index is 12.4. The van der Waals surface area contributed by atoms with Gasteiger partial charge < -0.3 is 5.32 Å². The number of carbonyl (C=O) groups excluding carboxylic acids is 1. The Balaban J connectivity index is 1.77. The van der Waals surface area contributed by atoms with Gasteiger partial charge in [0.05, 0.1) is 17.3 Å². The summed E-state index contributed by atoms with van der Waals surface area (Å²) in [5.74, 6) is 0.0113. The van der Waals surface area contributed by atoms with E-state index in [9.17, 15) is 4.79 Å². The number of hydrogen-bond acceptors (Lipinski definition) is 3. The molecule has 2 aromatic heterocycles. The smallest absolute Gasteiger partial charge is 0.276 e. The van der Waals surface area contributed by atoms with Gasteiger partial charge in [0.2, 0.25) is 0 Å². The number of nitrogens with zero attached hydrogens (tertiary/aromatic N) is 4. The van der Waals surface area contributed by atoms with Crippen molar-refractivity contribution in [2.75, 3.05) is 5.32 Å². The van der Waals surface area contributed by atoms with E-state index in [-0.39, 0.29) is 11.6 Å². The molecule has 0 unspecified atom stereocenters. The van der Waals surface area contributed by atoms with Crippen molar-refractivity contribution in [2.24, 2.45) is 7.05 Å². The monoisotopic (exact) mass is 397 g/mol. The van der Waals surface area contributed by atoms with Gasteiger partial charge in [-0.05, 0) is 19.1 Å². The molecule has 0 saturated heterocycles. The number of benzene rings is 1. The molecule has 0 bridgehead atoms. The highest BCUT2D eigenvalue weighted by atomic mass is 35.5. The van der Waals surface area contributed by atoms with Crippen LogP contribution in [-0.4, -0.2) is 25.5 Å². The van der Waals surface area contributed by atoms with Crippen molar-refractivity contribution in [2.45, 2.75) is 13.5 Å². The normalized spacial score (nSPS) is 10.9. The van der Waals surface area contributed by atoms with Gasteiger partial charge in [0, 0.05) is 34.9 Å². The summed E-state index contributed by atoms with van der Waals surface area (Å²) in [5.41, 5.74) is 1.63. The maximum Gasteiger partial charge on any atom is 0.276 e. The van der Waals surface area contributed by atoms with Gasteiger partial charge in [0.15, 0.2) is 5.82 Å². The summed E-state index contributed by atoms with van der Waals surface area (Å²) < 4.78 is 3.08. The van der Waals surface area contributed by atoms with Crippen LogP contribution in [0.15, 0.2) is 30.5 Å². The van der Waals surface area contributed by atoms with Crippen molar-refractivity contribution in [3.8, 4) is 0 Å². The zero-order chi connectivity index (χ0) is 18.1. The quantitative estimate of drug-likeness (QED) is 0.717. The first-order valence-corrected chi connectivity index (χ1v) is 8.47. The van der Waals surface area contributed by atoms with E-state index in [0.717, 1.165) is 5.56 Å². The molecule has 6 nitrogen and oxygen atoms in total. The number of carbonyl (C=O) groups is 1. The number of amides is 1. The van der Waals surface area contributed by atoms with E-state index in [4.69, 9.17) is 34.8 Å². The van der Waals surface area contributed by atoms with Gasteiger partial charge in [-0.2, -0.15) is 10.2 Å². The molecule has 0 atom stereocenters. The molecule has 9 heteroatoms. The largest absolute Gasteiger partial charge is 0.304 e. The second kappa shape index (κ2) is 7.07. The minimum Gasteiger partial charge on any atom is -0.304 e. The molecule has 3 rings (SSSR count). The topological polar surface area (TPSA) is 64.7 Å². The molecule has 0 fully saturated rings. The molecular weight excluding hydrogens is 385 g/mol. The molecule has 3 aromatic rings. The van der Waals surface area contributed by atoms with E-state index >= 15 is 0 Å². The zero-order valence-corrected chi connectivity index (χ0v) is 15.7. The summed E-state index contributed by atoms with van der Waals surface area (Å²) in [7, 11) is 1.66. The molecule has 1 N–H and O–H groups in total. The van der Waals surface area contributed by atoms with Crippen molar-refractivity contribution in [3.05, 3.63) is 62.5 Å². The number of aromatic nitrogens is 4. The van der Waals surface area contributed by atoms with Crippen LogP contribution in [0, 0.1) is 6.92 Å². The van der Waals surface area contributed by atoms with Crippen LogP contribution in [0.5, 0.6) is 0 Å². The Labute approximate surface area is 159 Å². The fourth-order valence-electron chi connectivity index (χ4n) is 2.42. The van der Waals surface area contributed by atoms with E-state index in [0.29, 0.717) is 33.1 Å². The minimum absolute atomic E-state index is 0.280. The molecule has 2 heterocycles. The molecule has 0 aliphatic carbocycles. The standard InChI is InChI=1S/C16H14Cl3N5O/c1-9-14(19)15(23(2)21-9)16(25)20-13-6-7-24(22-13)8-10-11(17)4-3-5-12(10)18/h3-7H,8H2,1-2H3,(H,20,22,25). The number of halogens is 3. The molecule has 130 valence electrons. The molecule has 0 saturated carbocycles. The third-order valence-electron chi connectivity index (χ3n) is 3.63. The third-order valence-corrected chi connectivity index (χ3v) is 4.79. The van der Waals surface area contributed by atoms with Gasteiger partial charge >= 0.3 is 0 Å². The Morgan fingerprint density at radius 3 is 2.44 bits per heavy atom. The van der Waals surface area contributed by atoms with Crippen LogP contribution in [0.4, 0.5) is 5.82 Å². The maximum atomic E-state index is 12.4. The summed E-state index contributed by atoms with van der Waals surface area (Å²) >= 11 is 18.5. The molecule has 0 radical (unpaired) electrons. The van der Waals surface area contributed by atoms with E-state index in [1.54, 1.807) is 49.1 Å². The fraction of sp³-hybridized carbons (Fsp3) is 0.188. The van der Waals surface area contributed by atoms with Gasteiger partial charge in [-0.3, -0.25) is 14.2 Å². The van der Waals surface area contributed by atoms with Gasteiger partial charge in [0.1, 0.15) is 5.69 Å². The lowest BCUT2D eigenvalue weighted by atomic mass is 10.2. The second-order valence-corrected chi connectivity index (χ2v) is 6.62. The molecule has 1 amide bonds. The van der Waals surface area contributed by atoms with Gasteiger partial charge in [-0.15, -0.1) is 0 Å². The predicted octanol–water partition coefficient (Wildman–Crippen LogP) is 4.19. The predicted molar refractivity (Wildman–Crippen MR) is 98.7 cm³/mol. The van der Waals surface area contributed by atoms with Crippen LogP contribution in [0.3, 0.4) is 0 Å². The highest BCUT2D eigenvalue weighted by Crippen LogP contribution is 2.25. The Hall–Kier alpha value is -2.02. The van der Waals surface area contributed by atoms with Gasteiger partial charge in [0.25, 0.3) is 5.91 Å². The number of aryl methyl sites for hydroxylation is 2. The van der Waals surface area contributed by atoms with Crippen LogP contribution in [-0.2, 0) is 13.6 Å². The second-order valence-electron chi connectivity index (χ2n) is 5.42. The fourth-order valence-corrected chi connectivity index (χ4v) is 3.18. The van der Waals surface area contributed by atoms with Crippen LogP contribution in [0.1, 0.15) is 21.7 Å². The molecule has 25 heavy (non-hydrogen) atoms. The van der Waals surface area contributed by atoms with E-state index in [2.05, 4.69) is 15.5 Å². The number of rotatable bonds is 4. The Bertz CT molecular complexity index is 927. The Morgan fingerprint density at radius 1 is 1.16 bits per heavy atom. The van der Waals surface area contributed by atoms with Gasteiger partial charge in [-0.25, -0.2) is 0 Å². The molecule has 0 aliphatic rings. The lowest BCUT2D eigenvalue weighted by molar-refractivity contribution is 0.101. The molecule has 1 aromatic carbocycles. The zero-order valence-electron chi connectivity index (χ0n) is 13.4. The summed E-state index contributed by atoms with van der Waals surface area (Å²) in [4.78, 5) is 12.4. The molecule has 0 spiro atoms. The number of nitrogens with one attached hydrogen (secondary N) is 1. The summed E-state index contributed by atoms with van der Waals surface area (Å²) in [6.07, 6.45) is 1.73. The third kappa shape index (κ3) is 3.66. The lowest BCUT2D eigenvalue weighted by Crippen LogP contribution is -2.17. The van der Waals surface area contributed by atoms with E-state index in [1.807, 2.05) is 0 Å². The first kappa shape index (κ1) is 17.8. The van der Waals surface area contributed by atoms with Gasteiger partial charge in [-0.1, -0.05) is 40.9 Å². The summed E-state index contributed by atoms with van der Waals surface area (Å²) in [6, 6.07) is 6.99.